The number of para-hydroxylation sites is 1. The van der Waals surface area contributed by atoms with E-state index >= 15 is 0 Å². The van der Waals surface area contributed by atoms with Crippen LogP contribution in [0.5, 0.6) is 11.6 Å². The minimum Gasteiger partial charge on any atom is -0.505 e. The van der Waals surface area contributed by atoms with Crippen molar-refractivity contribution in [1.82, 2.24) is 4.57 Å². The number of carboxylic acids is 1. The number of aromatic carboxylic acids is 1. The minimum atomic E-state index is -4.63. The highest BCUT2D eigenvalue weighted by molar-refractivity contribution is 6.31. The number of aromatic nitrogens is 1. The zero-order valence-corrected chi connectivity index (χ0v) is 21.4. The number of rotatable bonds is 5. The van der Waals surface area contributed by atoms with Crippen molar-refractivity contribution in [2.45, 2.75) is 13.1 Å². The van der Waals surface area contributed by atoms with Crippen molar-refractivity contribution in [3.63, 3.8) is 0 Å². The molecule has 5 aromatic rings. The molecule has 0 aliphatic rings. The number of hydrogen-bond donors (Lipinski definition) is 3. The van der Waals surface area contributed by atoms with Crippen LogP contribution in [0.3, 0.4) is 0 Å². The van der Waals surface area contributed by atoms with E-state index < -0.39 is 23.6 Å². The molecule has 0 atom stereocenters. The minimum absolute atomic E-state index is 0.0104. The van der Waals surface area contributed by atoms with Gasteiger partial charge in [-0.15, -0.1) is 10.2 Å². The monoisotopic (exact) mass is 565 g/mol. The van der Waals surface area contributed by atoms with Crippen LogP contribution < -0.4 is 0 Å². The molecule has 40 heavy (non-hydrogen) atoms. The Labute approximate surface area is 230 Å². The molecule has 3 N–H and O–H groups in total. The standard InChI is InChI=1S/C29H19ClF3N3O4/c1-15-8-10-19(14-22(15)30)36-24-13-18(29(31,32)33)9-11-21(24)25(27(36)38)35-34-23-7-3-6-20(26(23)37)16-4-2-5-17(12-16)28(39)40/h2-14,37-38H,1H3,(H,39,40). The molecule has 0 aliphatic carbocycles. The number of alkyl halides is 3. The molecule has 0 spiro atoms. The zero-order chi connectivity index (χ0) is 28.8. The molecule has 7 nitrogen and oxygen atoms in total. The summed E-state index contributed by atoms with van der Waals surface area (Å²) in [6, 6.07) is 18.3. The predicted molar refractivity (Wildman–Crippen MR) is 144 cm³/mol. The van der Waals surface area contributed by atoms with Crippen LogP contribution in [0.1, 0.15) is 21.5 Å². The second kappa shape index (κ2) is 10.0. The van der Waals surface area contributed by atoms with Crippen molar-refractivity contribution >= 4 is 39.8 Å². The van der Waals surface area contributed by atoms with Crippen LogP contribution in [0.15, 0.2) is 89.1 Å². The maximum atomic E-state index is 13.5. The summed E-state index contributed by atoms with van der Waals surface area (Å²) in [6.07, 6.45) is -4.63. The van der Waals surface area contributed by atoms with E-state index in [1.165, 1.54) is 41.0 Å². The van der Waals surface area contributed by atoms with Crippen LogP contribution in [0.25, 0.3) is 27.7 Å². The summed E-state index contributed by atoms with van der Waals surface area (Å²) in [5, 5.41) is 40.0. The molecule has 5 rings (SSSR count). The number of halogens is 4. The number of hydrogen-bond acceptors (Lipinski definition) is 5. The van der Waals surface area contributed by atoms with Crippen molar-refractivity contribution in [3.05, 3.63) is 101 Å². The van der Waals surface area contributed by atoms with Crippen molar-refractivity contribution in [2.75, 3.05) is 0 Å². The molecular weight excluding hydrogens is 547 g/mol. The number of aryl methyl sites for hydroxylation is 1. The number of phenolic OH excluding ortho intramolecular Hbond substituents is 1. The van der Waals surface area contributed by atoms with Gasteiger partial charge in [0.2, 0.25) is 5.88 Å². The smallest absolute Gasteiger partial charge is 0.416 e. The van der Waals surface area contributed by atoms with Gasteiger partial charge in [-0.25, -0.2) is 4.79 Å². The summed E-state index contributed by atoms with van der Waals surface area (Å²) < 4.78 is 41.8. The zero-order valence-electron chi connectivity index (χ0n) is 20.6. The normalized spacial score (nSPS) is 11.9. The first kappa shape index (κ1) is 26.8. The molecule has 0 saturated heterocycles. The fraction of sp³-hybridized carbons (Fsp3) is 0.0690. The van der Waals surface area contributed by atoms with Gasteiger partial charge in [-0.2, -0.15) is 13.2 Å². The molecule has 0 amide bonds. The molecule has 0 fully saturated rings. The molecule has 0 aliphatic heterocycles. The highest BCUT2D eigenvalue weighted by atomic mass is 35.5. The first-order valence-corrected chi connectivity index (χ1v) is 12.1. The SMILES string of the molecule is Cc1ccc(-n2c(O)c(N=Nc3cccc(-c4cccc(C(=O)O)c4)c3O)c3ccc(C(F)(F)F)cc32)cc1Cl. The predicted octanol–water partition coefficient (Wildman–Crippen LogP) is 8.80. The Balaban J connectivity index is 1.65. The van der Waals surface area contributed by atoms with E-state index in [1.807, 2.05) is 0 Å². The molecule has 0 saturated carbocycles. The molecule has 0 radical (unpaired) electrons. The van der Waals surface area contributed by atoms with E-state index in [2.05, 4.69) is 10.2 Å². The van der Waals surface area contributed by atoms with E-state index in [1.54, 1.807) is 37.3 Å². The Morgan fingerprint density at radius 3 is 2.38 bits per heavy atom. The summed E-state index contributed by atoms with van der Waals surface area (Å²) in [6.45, 7) is 1.76. The van der Waals surface area contributed by atoms with E-state index in [0.717, 1.165) is 17.7 Å². The number of carbonyl (C=O) groups is 1. The highest BCUT2D eigenvalue weighted by Gasteiger charge is 2.32. The van der Waals surface area contributed by atoms with Gasteiger partial charge >= 0.3 is 12.1 Å². The Morgan fingerprint density at radius 1 is 0.925 bits per heavy atom. The number of azo groups is 1. The van der Waals surface area contributed by atoms with Crippen molar-refractivity contribution < 1.29 is 33.3 Å². The third kappa shape index (κ3) is 4.85. The van der Waals surface area contributed by atoms with Gasteiger partial charge < -0.3 is 15.3 Å². The molecule has 1 aromatic heterocycles. The number of benzene rings is 4. The Kier molecular flexibility index (Phi) is 6.72. The summed E-state index contributed by atoms with van der Waals surface area (Å²) in [7, 11) is 0. The molecule has 202 valence electrons. The quantitative estimate of drug-likeness (QED) is 0.185. The first-order chi connectivity index (χ1) is 19.0. The lowest BCUT2D eigenvalue weighted by molar-refractivity contribution is -0.137. The van der Waals surface area contributed by atoms with Crippen LogP contribution in [-0.4, -0.2) is 25.9 Å². The maximum Gasteiger partial charge on any atom is 0.416 e. The molecule has 0 unspecified atom stereocenters. The molecule has 11 heteroatoms. The fourth-order valence-electron chi connectivity index (χ4n) is 4.28. The van der Waals surface area contributed by atoms with Gasteiger partial charge in [0.05, 0.1) is 22.3 Å². The Hall–Kier alpha value is -4.83. The van der Waals surface area contributed by atoms with Gasteiger partial charge in [-0.05, 0) is 66.6 Å². The Bertz CT molecular complexity index is 1830. The second-order valence-corrected chi connectivity index (χ2v) is 9.34. The number of nitrogens with zero attached hydrogens (tertiary/aromatic N) is 3. The lowest BCUT2D eigenvalue weighted by Gasteiger charge is -2.11. The molecule has 1 heterocycles. The number of aromatic hydroxyl groups is 2. The van der Waals surface area contributed by atoms with Crippen LogP contribution in [0, 0.1) is 6.92 Å². The third-order valence-electron chi connectivity index (χ3n) is 6.35. The lowest BCUT2D eigenvalue weighted by Crippen LogP contribution is -2.05. The highest BCUT2D eigenvalue weighted by Crippen LogP contribution is 2.45. The molecule has 4 aromatic carbocycles. The van der Waals surface area contributed by atoms with Gasteiger partial charge in [0.15, 0.2) is 11.4 Å². The maximum absolute atomic E-state index is 13.5. The first-order valence-electron chi connectivity index (χ1n) is 11.7. The number of carboxylic acid groups (broad SMARTS) is 1. The fourth-order valence-corrected chi connectivity index (χ4v) is 4.46. The molecular formula is C29H19ClF3N3O4. The van der Waals surface area contributed by atoms with E-state index in [9.17, 15) is 33.3 Å². The topological polar surface area (TPSA) is 107 Å². The molecule has 0 bridgehead atoms. The van der Waals surface area contributed by atoms with Crippen LogP contribution >= 0.6 is 11.6 Å². The summed E-state index contributed by atoms with van der Waals surface area (Å²) in [5.74, 6) is -1.92. The average molecular weight is 566 g/mol. The van der Waals surface area contributed by atoms with Crippen LogP contribution in [0.4, 0.5) is 24.5 Å². The van der Waals surface area contributed by atoms with E-state index in [4.69, 9.17) is 11.6 Å². The number of fused-ring (bicyclic) bond motifs is 1. The van der Waals surface area contributed by atoms with Gasteiger partial charge in [0.25, 0.3) is 0 Å². The van der Waals surface area contributed by atoms with Gasteiger partial charge in [0.1, 0.15) is 5.69 Å². The lowest BCUT2D eigenvalue weighted by atomic mass is 10.0. The van der Waals surface area contributed by atoms with Crippen molar-refractivity contribution in [1.29, 1.82) is 0 Å². The number of phenols is 1. The van der Waals surface area contributed by atoms with Gasteiger partial charge in [0, 0.05) is 16.0 Å². The second-order valence-electron chi connectivity index (χ2n) is 8.93. The van der Waals surface area contributed by atoms with Crippen LogP contribution in [0.2, 0.25) is 5.02 Å². The third-order valence-corrected chi connectivity index (χ3v) is 6.76. The van der Waals surface area contributed by atoms with Gasteiger partial charge in [-0.1, -0.05) is 41.9 Å². The van der Waals surface area contributed by atoms with Gasteiger partial charge in [-0.3, -0.25) is 4.57 Å². The summed E-state index contributed by atoms with van der Waals surface area (Å²) in [4.78, 5) is 11.4. The average Bonchev–Trinajstić information content (AvgIpc) is 3.19. The van der Waals surface area contributed by atoms with E-state index in [0.29, 0.717) is 16.3 Å². The summed E-state index contributed by atoms with van der Waals surface area (Å²) in [5.41, 5.74) is 0.737. The Morgan fingerprint density at radius 2 is 1.68 bits per heavy atom. The van der Waals surface area contributed by atoms with Crippen molar-refractivity contribution in [2.24, 2.45) is 10.2 Å². The van der Waals surface area contributed by atoms with E-state index in [-0.39, 0.29) is 39.2 Å². The van der Waals surface area contributed by atoms with Crippen molar-refractivity contribution in [3.8, 4) is 28.4 Å². The van der Waals surface area contributed by atoms with Crippen LogP contribution in [-0.2, 0) is 6.18 Å². The largest absolute Gasteiger partial charge is 0.505 e. The summed E-state index contributed by atoms with van der Waals surface area (Å²) >= 11 is 6.25.